The summed E-state index contributed by atoms with van der Waals surface area (Å²) in [5.74, 6) is 0. The fourth-order valence-corrected chi connectivity index (χ4v) is 1.23. The molecule has 0 fully saturated rings. The lowest BCUT2D eigenvalue weighted by Crippen LogP contribution is -2.40. The largest absolute Gasteiger partial charge is 0.389 e. The molecule has 0 aromatic carbocycles. The minimum Gasteiger partial charge on any atom is -0.389 e. The first-order valence-corrected chi connectivity index (χ1v) is 5.02. The zero-order valence-corrected chi connectivity index (χ0v) is 9.34. The van der Waals surface area contributed by atoms with Crippen molar-refractivity contribution in [1.29, 1.82) is 0 Å². The number of rotatable bonds is 7. The molecule has 0 spiro atoms. The van der Waals surface area contributed by atoms with Gasteiger partial charge in [-0.05, 0) is 27.3 Å². The Balaban J connectivity index is 3.63. The van der Waals surface area contributed by atoms with Crippen LogP contribution >= 0.6 is 0 Å². The number of hydrogen-bond donors (Lipinski definition) is 1. The second-order valence-electron chi connectivity index (χ2n) is 3.88. The molecule has 0 saturated carbocycles. The number of ether oxygens (including phenoxy) is 1. The molecular formula is C10H23NO2. The maximum absolute atomic E-state index is 9.59. The third kappa shape index (κ3) is 8.22. The Kier molecular flexibility index (Phi) is 6.29. The lowest BCUT2D eigenvalue weighted by atomic mass is 10.1. The zero-order chi connectivity index (χ0) is 10.3. The first kappa shape index (κ1) is 12.9. The van der Waals surface area contributed by atoms with E-state index < -0.39 is 5.60 Å². The van der Waals surface area contributed by atoms with Crippen LogP contribution in [-0.4, -0.2) is 48.5 Å². The lowest BCUT2D eigenvalue weighted by molar-refractivity contribution is 0.0261. The first-order valence-electron chi connectivity index (χ1n) is 5.02. The smallest absolute Gasteiger partial charge is 0.0718 e. The van der Waals surface area contributed by atoms with Crippen LogP contribution in [0.4, 0.5) is 0 Å². The van der Waals surface area contributed by atoms with E-state index in [1.807, 2.05) is 20.8 Å². The van der Waals surface area contributed by atoms with E-state index in [2.05, 4.69) is 11.8 Å². The van der Waals surface area contributed by atoms with Gasteiger partial charge in [0.1, 0.15) is 0 Å². The molecule has 0 heterocycles. The van der Waals surface area contributed by atoms with Gasteiger partial charge in [0.15, 0.2) is 0 Å². The number of nitrogens with zero attached hydrogens (tertiary/aromatic N) is 1. The summed E-state index contributed by atoms with van der Waals surface area (Å²) in [5, 5.41) is 9.59. The highest BCUT2D eigenvalue weighted by atomic mass is 16.5. The Hall–Kier alpha value is -0.120. The monoisotopic (exact) mass is 189 g/mol. The van der Waals surface area contributed by atoms with Crippen LogP contribution < -0.4 is 0 Å². The number of likely N-dealkylation sites (N-methyl/N-ethyl adjacent to an activating group) is 1. The van der Waals surface area contributed by atoms with Crippen LogP contribution in [0.5, 0.6) is 0 Å². The van der Waals surface area contributed by atoms with Crippen LogP contribution in [0.2, 0.25) is 0 Å². The van der Waals surface area contributed by atoms with Crippen molar-refractivity contribution in [1.82, 2.24) is 4.90 Å². The van der Waals surface area contributed by atoms with Gasteiger partial charge in [0.25, 0.3) is 0 Å². The van der Waals surface area contributed by atoms with Crippen LogP contribution in [0.1, 0.15) is 27.7 Å². The van der Waals surface area contributed by atoms with E-state index in [0.29, 0.717) is 6.54 Å². The van der Waals surface area contributed by atoms with Crippen LogP contribution in [-0.2, 0) is 4.74 Å². The highest BCUT2D eigenvalue weighted by Crippen LogP contribution is 2.03. The zero-order valence-electron chi connectivity index (χ0n) is 9.34. The Morgan fingerprint density at radius 1 is 1.31 bits per heavy atom. The SMILES string of the molecule is CCOCCN(CC)CC(C)(C)O. The van der Waals surface area contributed by atoms with Gasteiger partial charge in [-0.1, -0.05) is 6.92 Å². The molecule has 0 saturated heterocycles. The average molecular weight is 189 g/mol. The first-order chi connectivity index (χ1) is 5.99. The van der Waals surface area contributed by atoms with Crippen molar-refractivity contribution in [3.63, 3.8) is 0 Å². The van der Waals surface area contributed by atoms with Crippen LogP contribution in [0.25, 0.3) is 0 Å². The molecule has 3 nitrogen and oxygen atoms in total. The maximum atomic E-state index is 9.59. The van der Waals surface area contributed by atoms with Crippen LogP contribution in [0, 0.1) is 0 Å². The molecule has 1 N–H and O–H groups in total. The topological polar surface area (TPSA) is 32.7 Å². The van der Waals surface area contributed by atoms with Gasteiger partial charge in [0, 0.05) is 19.7 Å². The standard InChI is InChI=1S/C10H23NO2/c1-5-11(7-8-13-6-2)9-10(3,4)12/h12H,5-9H2,1-4H3. The Bertz CT molecular complexity index is 121. The molecule has 0 radical (unpaired) electrons. The Morgan fingerprint density at radius 3 is 2.31 bits per heavy atom. The highest BCUT2D eigenvalue weighted by Gasteiger charge is 2.16. The summed E-state index contributed by atoms with van der Waals surface area (Å²) >= 11 is 0. The molecule has 0 aliphatic heterocycles. The van der Waals surface area contributed by atoms with Crippen molar-refractivity contribution in [3.05, 3.63) is 0 Å². The quantitative estimate of drug-likeness (QED) is 0.609. The normalized spacial score (nSPS) is 12.5. The second-order valence-corrected chi connectivity index (χ2v) is 3.88. The lowest BCUT2D eigenvalue weighted by Gasteiger charge is -2.27. The molecule has 0 atom stereocenters. The molecule has 0 rings (SSSR count). The molecule has 3 heteroatoms. The van der Waals surface area contributed by atoms with Gasteiger partial charge >= 0.3 is 0 Å². The summed E-state index contributed by atoms with van der Waals surface area (Å²) < 4.78 is 5.26. The number of hydrogen-bond acceptors (Lipinski definition) is 3. The van der Waals surface area contributed by atoms with E-state index in [1.165, 1.54) is 0 Å². The molecule has 13 heavy (non-hydrogen) atoms. The Labute approximate surface area is 81.7 Å². The Morgan fingerprint density at radius 2 is 1.92 bits per heavy atom. The van der Waals surface area contributed by atoms with E-state index >= 15 is 0 Å². The van der Waals surface area contributed by atoms with Gasteiger partial charge < -0.3 is 9.84 Å². The summed E-state index contributed by atoms with van der Waals surface area (Å²) in [4.78, 5) is 2.19. The average Bonchev–Trinajstić information content (AvgIpc) is 2.01. The van der Waals surface area contributed by atoms with E-state index in [1.54, 1.807) is 0 Å². The van der Waals surface area contributed by atoms with Gasteiger partial charge in [-0.3, -0.25) is 4.90 Å². The fraction of sp³-hybridized carbons (Fsp3) is 1.00. The summed E-state index contributed by atoms with van der Waals surface area (Å²) in [6, 6.07) is 0. The highest BCUT2D eigenvalue weighted by molar-refractivity contribution is 4.71. The third-order valence-electron chi connectivity index (χ3n) is 1.81. The molecule has 0 aromatic heterocycles. The minimum atomic E-state index is -0.609. The molecule has 0 unspecified atom stereocenters. The van der Waals surface area contributed by atoms with Crippen molar-refractivity contribution in [2.75, 3.05) is 32.8 Å². The van der Waals surface area contributed by atoms with Gasteiger partial charge in [-0.25, -0.2) is 0 Å². The van der Waals surface area contributed by atoms with E-state index in [0.717, 1.165) is 26.3 Å². The molecule has 0 aliphatic carbocycles. The molecule has 0 aromatic rings. The minimum absolute atomic E-state index is 0.609. The van der Waals surface area contributed by atoms with Crippen molar-refractivity contribution in [2.45, 2.75) is 33.3 Å². The van der Waals surface area contributed by atoms with Crippen LogP contribution in [0.15, 0.2) is 0 Å². The number of aliphatic hydroxyl groups is 1. The van der Waals surface area contributed by atoms with E-state index in [4.69, 9.17) is 4.74 Å². The van der Waals surface area contributed by atoms with Crippen LogP contribution in [0.3, 0.4) is 0 Å². The van der Waals surface area contributed by atoms with Crippen molar-refractivity contribution in [2.24, 2.45) is 0 Å². The summed E-state index contributed by atoms with van der Waals surface area (Å²) in [7, 11) is 0. The van der Waals surface area contributed by atoms with E-state index in [9.17, 15) is 5.11 Å². The van der Waals surface area contributed by atoms with E-state index in [-0.39, 0.29) is 0 Å². The van der Waals surface area contributed by atoms with Gasteiger partial charge in [0.05, 0.1) is 12.2 Å². The van der Waals surface area contributed by atoms with Gasteiger partial charge in [-0.15, -0.1) is 0 Å². The second kappa shape index (κ2) is 6.35. The summed E-state index contributed by atoms with van der Waals surface area (Å²) in [6.45, 7) is 11.8. The predicted octanol–water partition coefficient (Wildman–Crippen LogP) is 1.12. The van der Waals surface area contributed by atoms with Gasteiger partial charge in [-0.2, -0.15) is 0 Å². The summed E-state index contributed by atoms with van der Waals surface area (Å²) in [5.41, 5.74) is -0.609. The maximum Gasteiger partial charge on any atom is 0.0718 e. The van der Waals surface area contributed by atoms with Crippen molar-refractivity contribution < 1.29 is 9.84 Å². The molecule has 0 bridgehead atoms. The van der Waals surface area contributed by atoms with Crippen molar-refractivity contribution in [3.8, 4) is 0 Å². The molecule has 0 amide bonds. The fourth-order valence-electron chi connectivity index (χ4n) is 1.23. The predicted molar refractivity (Wildman–Crippen MR) is 54.9 cm³/mol. The van der Waals surface area contributed by atoms with Crippen molar-refractivity contribution >= 4 is 0 Å². The van der Waals surface area contributed by atoms with Gasteiger partial charge in [0.2, 0.25) is 0 Å². The molecule has 0 aliphatic rings. The molecular weight excluding hydrogens is 166 g/mol. The summed E-state index contributed by atoms with van der Waals surface area (Å²) in [6.07, 6.45) is 0. The molecule has 80 valence electrons. The third-order valence-corrected chi connectivity index (χ3v) is 1.81.